The monoisotopic (exact) mass is 355 g/mol. The maximum absolute atomic E-state index is 4.45. The Labute approximate surface area is 137 Å². The Hall–Kier alpha value is -2.47. The van der Waals surface area contributed by atoms with Gasteiger partial charge in [0.2, 0.25) is 5.95 Å². The van der Waals surface area contributed by atoms with E-state index in [9.17, 15) is 0 Å². The van der Waals surface area contributed by atoms with Crippen LogP contribution < -0.4 is 10.6 Å². The van der Waals surface area contributed by atoms with Crippen LogP contribution in [-0.2, 0) is 6.54 Å². The quantitative estimate of drug-likeness (QED) is 0.724. The molecule has 6 heteroatoms. The lowest BCUT2D eigenvalue weighted by Gasteiger charge is -2.08. The van der Waals surface area contributed by atoms with E-state index in [1.54, 1.807) is 18.6 Å². The van der Waals surface area contributed by atoms with E-state index < -0.39 is 0 Å². The molecule has 110 valence electrons. The Morgan fingerprint density at radius 3 is 2.68 bits per heavy atom. The van der Waals surface area contributed by atoms with Gasteiger partial charge in [0, 0.05) is 35.3 Å². The van der Waals surface area contributed by atoms with Crippen molar-refractivity contribution in [1.82, 2.24) is 15.0 Å². The second-order valence-corrected chi connectivity index (χ2v) is 5.53. The molecule has 0 aliphatic heterocycles. The Morgan fingerprint density at radius 2 is 1.86 bits per heavy atom. The van der Waals surface area contributed by atoms with Crippen molar-refractivity contribution < 1.29 is 0 Å². The number of hydrogen-bond donors (Lipinski definition) is 2. The van der Waals surface area contributed by atoms with Crippen molar-refractivity contribution >= 4 is 33.4 Å². The zero-order valence-corrected chi connectivity index (χ0v) is 13.3. The van der Waals surface area contributed by atoms with Gasteiger partial charge in [-0.05, 0) is 42.0 Å². The van der Waals surface area contributed by atoms with E-state index >= 15 is 0 Å². The van der Waals surface area contributed by atoms with Gasteiger partial charge in [-0.25, -0.2) is 4.98 Å². The molecule has 0 amide bonds. The van der Waals surface area contributed by atoms with Crippen LogP contribution in [0.15, 0.2) is 65.5 Å². The minimum Gasteiger partial charge on any atom is -0.350 e. The first kappa shape index (κ1) is 14.5. The Balaban J connectivity index is 1.67. The predicted octanol–water partition coefficient (Wildman–Crippen LogP) is 3.99. The fourth-order valence-electron chi connectivity index (χ4n) is 1.91. The first-order valence-corrected chi connectivity index (χ1v) is 7.57. The van der Waals surface area contributed by atoms with E-state index in [0.29, 0.717) is 12.5 Å². The van der Waals surface area contributed by atoms with Gasteiger partial charge in [-0.2, -0.15) is 4.98 Å². The molecule has 3 aromatic rings. The predicted molar refractivity (Wildman–Crippen MR) is 91.0 cm³/mol. The topological polar surface area (TPSA) is 62.7 Å². The number of pyridine rings is 1. The van der Waals surface area contributed by atoms with Crippen molar-refractivity contribution in [3.8, 4) is 0 Å². The molecule has 2 heterocycles. The van der Waals surface area contributed by atoms with Crippen LogP contribution in [0.3, 0.4) is 0 Å². The van der Waals surface area contributed by atoms with Gasteiger partial charge in [0.25, 0.3) is 0 Å². The molecule has 0 aliphatic rings. The highest BCUT2D eigenvalue weighted by atomic mass is 79.9. The standard InChI is InChI=1S/C16H14BrN5/c17-13-2-1-3-14(10-13)21-15-6-9-19-16(22-15)20-11-12-4-7-18-8-5-12/h1-10H,11H2,(H2,19,20,21,22). The second-order valence-electron chi connectivity index (χ2n) is 4.61. The average Bonchev–Trinajstić information content (AvgIpc) is 2.54. The molecule has 5 nitrogen and oxygen atoms in total. The third-order valence-electron chi connectivity index (χ3n) is 2.95. The number of rotatable bonds is 5. The Kier molecular flexibility index (Phi) is 4.60. The van der Waals surface area contributed by atoms with Gasteiger partial charge in [0.15, 0.2) is 0 Å². The summed E-state index contributed by atoms with van der Waals surface area (Å²) in [7, 11) is 0. The van der Waals surface area contributed by atoms with Crippen LogP contribution in [-0.4, -0.2) is 15.0 Å². The summed E-state index contributed by atoms with van der Waals surface area (Å²) >= 11 is 3.45. The lowest BCUT2D eigenvalue weighted by Crippen LogP contribution is -2.05. The summed E-state index contributed by atoms with van der Waals surface area (Å²) in [5.41, 5.74) is 2.09. The minimum absolute atomic E-state index is 0.580. The Morgan fingerprint density at radius 1 is 1.00 bits per heavy atom. The highest BCUT2D eigenvalue weighted by Gasteiger charge is 2.01. The number of benzene rings is 1. The van der Waals surface area contributed by atoms with Crippen molar-refractivity contribution in [2.24, 2.45) is 0 Å². The summed E-state index contributed by atoms with van der Waals surface area (Å²) in [6, 6.07) is 13.7. The first-order chi connectivity index (χ1) is 10.8. The maximum atomic E-state index is 4.45. The Bertz CT molecular complexity index is 748. The lowest BCUT2D eigenvalue weighted by atomic mass is 10.3. The molecule has 0 fully saturated rings. The molecular formula is C16H14BrN5. The van der Waals surface area contributed by atoms with Crippen molar-refractivity contribution in [3.05, 3.63) is 71.1 Å². The first-order valence-electron chi connectivity index (χ1n) is 6.78. The number of aromatic nitrogens is 3. The van der Waals surface area contributed by atoms with E-state index in [4.69, 9.17) is 0 Å². The van der Waals surface area contributed by atoms with Crippen molar-refractivity contribution in [2.75, 3.05) is 10.6 Å². The minimum atomic E-state index is 0.580. The van der Waals surface area contributed by atoms with E-state index in [1.165, 1.54) is 0 Å². The molecular weight excluding hydrogens is 342 g/mol. The number of nitrogens with zero attached hydrogens (tertiary/aromatic N) is 3. The molecule has 0 saturated heterocycles. The summed E-state index contributed by atoms with van der Waals surface area (Å²) in [5, 5.41) is 6.45. The van der Waals surface area contributed by atoms with Gasteiger partial charge >= 0.3 is 0 Å². The normalized spacial score (nSPS) is 10.2. The summed E-state index contributed by atoms with van der Waals surface area (Å²) in [4.78, 5) is 12.7. The molecule has 0 saturated carbocycles. The molecule has 0 atom stereocenters. The van der Waals surface area contributed by atoms with Crippen molar-refractivity contribution in [3.63, 3.8) is 0 Å². The van der Waals surface area contributed by atoms with Gasteiger partial charge in [0.1, 0.15) is 5.82 Å². The highest BCUT2D eigenvalue weighted by Crippen LogP contribution is 2.19. The van der Waals surface area contributed by atoms with Crippen LogP contribution in [0.2, 0.25) is 0 Å². The molecule has 0 spiro atoms. The molecule has 0 aliphatic carbocycles. The van der Waals surface area contributed by atoms with Gasteiger partial charge in [0.05, 0.1) is 0 Å². The van der Waals surface area contributed by atoms with Crippen molar-refractivity contribution in [1.29, 1.82) is 0 Å². The van der Waals surface area contributed by atoms with Crippen LogP contribution in [0.4, 0.5) is 17.5 Å². The summed E-state index contributed by atoms with van der Waals surface area (Å²) in [6.07, 6.45) is 5.26. The van der Waals surface area contributed by atoms with Crippen LogP contribution in [0.5, 0.6) is 0 Å². The molecule has 0 radical (unpaired) electrons. The van der Waals surface area contributed by atoms with E-state index in [2.05, 4.69) is 41.5 Å². The zero-order chi connectivity index (χ0) is 15.2. The molecule has 2 N–H and O–H groups in total. The average molecular weight is 356 g/mol. The largest absolute Gasteiger partial charge is 0.350 e. The lowest BCUT2D eigenvalue weighted by molar-refractivity contribution is 1.05. The fraction of sp³-hybridized carbons (Fsp3) is 0.0625. The summed E-state index contributed by atoms with van der Waals surface area (Å²) in [6.45, 7) is 0.656. The van der Waals surface area contributed by atoms with Crippen LogP contribution >= 0.6 is 15.9 Å². The number of hydrogen-bond acceptors (Lipinski definition) is 5. The molecule has 0 unspecified atom stereocenters. The third-order valence-corrected chi connectivity index (χ3v) is 3.45. The van der Waals surface area contributed by atoms with E-state index in [1.807, 2.05) is 42.5 Å². The fourth-order valence-corrected chi connectivity index (χ4v) is 2.31. The molecule has 1 aromatic carbocycles. The van der Waals surface area contributed by atoms with Gasteiger partial charge in [-0.15, -0.1) is 0 Å². The maximum Gasteiger partial charge on any atom is 0.224 e. The highest BCUT2D eigenvalue weighted by molar-refractivity contribution is 9.10. The summed E-state index contributed by atoms with van der Waals surface area (Å²) in [5.74, 6) is 1.32. The van der Waals surface area contributed by atoms with E-state index in [0.717, 1.165) is 21.5 Å². The number of nitrogens with one attached hydrogen (secondary N) is 2. The van der Waals surface area contributed by atoms with Gasteiger partial charge in [-0.3, -0.25) is 4.98 Å². The third kappa shape index (κ3) is 4.02. The number of anilines is 3. The zero-order valence-electron chi connectivity index (χ0n) is 11.7. The second kappa shape index (κ2) is 7.00. The van der Waals surface area contributed by atoms with Crippen molar-refractivity contribution in [2.45, 2.75) is 6.54 Å². The SMILES string of the molecule is Brc1cccc(Nc2ccnc(NCc3ccncc3)n2)c1. The molecule has 2 aromatic heterocycles. The van der Waals surface area contributed by atoms with Gasteiger partial charge in [-0.1, -0.05) is 22.0 Å². The molecule has 0 bridgehead atoms. The summed E-state index contributed by atoms with van der Waals surface area (Å²) < 4.78 is 1.02. The van der Waals surface area contributed by atoms with Gasteiger partial charge < -0.3 is 10.6 Å². The van der Waals surface area contributed by atoms with Crippen LogP contribution in [0.25, 0.3) is 0 Å². The van der Waals surface area contributed by atoms with Crippen LogP contribution in [0, 0.1) is 0 Å². The van der Waals surface area contributed by atoms with E-state index in [-0.39, 0.29) is 0 Å². The smallest absolute Gasteiger partial charge is 0.224 e. The molecule has 3 rings (SSSR count). The van der Waals surface area contributed by atoms with Crippen LogP contribution in [0.1, 0.15) is 5.56 Å². The molecule has 22 heavy (non-hydrogen) atoms. The number of halogens is 1.